The summed E-state index contributed by atoms with van der Waals surface area (Å²) in [6, 6.07) is 30.4. The Morgan fingerprint density at radius 3 is 0.907 bits per heavy atom. The van der Waals surface area contributed by atoms with Crippen LogP contribution in [0.1, 0.15) is 141 Å². The van der Waals surface area contributed by atoms with Crippen molar-refractivity contribution in [1.82, 2.24) is 95.1 Å². The Morgan fingerprint density at radius 2 is 0.627 bits per heavy atom. The van der Waals surface area contributed by atoms with Crippen LogP contribution in [0.5, 0.6) is 0 Å². The molecular weight excluding hydrogens is 1570 g/mol. The quantitative estimate of drug-likeness (QED) is 0.134. The molecule has 4 fully saturated rings. The van der Waals surface area contributed by atoms with Crippen LogP contribution in [0.3, 0.4) is 0 Å². The molecule has 0 atom stereocenters. The monoisotopic (exact) mass is 1660 g/mol. The lowest BCUT2D eigenvalue weighted by atomic mass is 9.90. The van der Waals surface area contributed by atoms with E-state index in [9.17, 15) is 19.2 Å². The summed E-state index contributed by atoms with van der Waals surface area (Å²) in [4.78, 5) is 95.5. The second-order valence-corrected chi connectivity index (χ2v) is 33.8. The Morgan fingerprint density at radius 1 is 0.356 bits per heavy atom. The highest BCUT2D eigenvalue weighted by Gasteiger charge is 2.26. The summed E-state index contributed by atoms with van der Waals surface area (Å²) in [5.41, 5.74) is 19.0. The third-order valence-electron chi connectivity index (χ3n) is 23.7. The largest absolute Gasteiger partial charge is 0.317 e. The molecule has 0 bridgehead atoms. The minimum absolute atomic E-state index is 0.0825. The van der Waals surface area contributed by atoms with Crippen molar-refractivity contribution in [3.05, 3.63) is 278 Å². The SMILES string of the molecule is CCN1CCC(c2ccc3nc(-c4cc(Cl)c5nc(C)cn5c4)cc(=O)n3c2)CC1.Cc1cn2cc(-c3cc(=O)n4cc(C5CCN(C(C)C)CC5)ccc4n3)cc(Cl)c2n1.Cc1cn2cc(-c3cc(=O)n4cc(C5CCN(C)CC5)ccc4n3)cc(Cl)c2n1.Cc1cn2cc(-c3cc(=O)n4cc(C5CCNCC5)ccc4n3)cc(Cl)c2n1. The average molecular weight is 1660 g/mol. The molecule has 4 aliphatic rings. The van der Waals surface area contributed by atoms with E-state index in [0.29, 0.717) is 118 Å². The summed E-state index contributed by atoms with van der Waals surface area (Å²) >= 11 is 25.6. The zero-order chi connectivity index (χ0) is 81.9. The van der Waals surface area contributed by atoms with Gasteiger partial charge in [-0.05, 0) is 253 Å². The highest BCUT2D eigenvalue weighted by atomic mass is 35.5. The summed E-state index contributed by atoms with van der Waals surface area (Å²) in [5.74, 6) is 1.96. The van der Waals surface area contributed by atoms with Gasteiger partial charge in [0.1, 0.15) is 22.6 Å². The van der Waals surface area contributed by atoms with Crippen molar-refractivity contribution < 1.29 is 0 Å². The van der Waals surface area contributed by atoms with Gasteiger partial charge in [-0.3, -0.25) is 36.8 Å². The molecule has 16 aromatic heterocycles. The van der Waals surface area contributed by atoms with Crippen LogP contribution in [0.4, 0.5) is 0 Å². The number of imidazole rings is 4. The minimum Gasteiger partial charge on any atom is -0.317 e. The number of nitrogens with zero attached hydrogens (tertiary/aromatic N) is 19. The van der Waals surface area contributed by atoms with E-state index >= 15 is 0 Å². The van der Waals surface area contributed by atoms with Gasteiger partial charge in [0.2, 0.25) is 0 Å². The van der Waals surface area contributed by atoms with E-state index in [4.69, 9.17) is 66.3 Å². The smallest absolute Gasteiger partial charge is 0.258 e. The van der Waals surface area contributed by atoms with Crippen LogP contribution in [0.25, 0.3) is 90.2 Å². The molecule has 0 aromatic carbocycles. The number of likely N-dealkylation sites (tertiary alicyclic amines) is 3. The summed E-state index contributed by atoms with van der Waals surface area (Å²) in [6.45, 7) is 24.1. The van der Waals surface area contributed by atoms with Gasteiger partial charge in [-0.25, -0.2) is 39.9 Å². The number of pyridine rings is 8. The molecule has 0 spiro atoms. The van der Waals surface area contributed by atoms with Crippen LogP contribution in [-0.4, -0.2) is 162 Å². The van der Waals surface area contributed by atoms with Crippen LogP contribution < -0.4 is 27.6 Å². The van der Waals surface area contributed by atoms with E-state index < -0.39 is 0 Å². The number of hydrogen-bond acceptors (Lipinski definition) is 16. The Labute approximate surface area is 700 Å². The average Bonchev–Trinajstić information content (AvgIpc) is 1.39. The molecule has 16 aromatic rings. The molecule has 0 aliphatic carbocycles. The van der Waals surface area contributed by atoms with Crippen LogP contribution in [0.2, 0.25) is 20.1 Å². The Hall–Kier alpha value is -10.8. The third-order valence-corrected chi connectivity index (χ3v) is 24.8. The second-order valence-electron chi connectivity index (χ2n) is 32.2. The molecule has 1 N–H and O–H groups in total. The summed E-state index contributed by atoms with van der Waals surface area (Å²) < 4.78 is 14.1. The van der Waals surface area contributed by atoms with E-state index in [-0.39, 0.29) is 22.2 Å². The molecule has 28 heteroatoms. The van der Waals surface area contributed by atoms with Crippen molar-refractivity contribution in [2.75, 3.05) is 66.0 Å². The summed E-state index contributed by atoms with van der Waals surface area (Å²) in [7, 11) is 2.15. The molecular formula is C90H92Cl4N20O4. The second kappa shape index (κ2) is 33.5. The molecule has 20 heterocycles. The number of rotatable bonds is 10. The van der Waals surface area contributed by atoms with Gasteiger partial charge in [-0.2, -0.15) is 0 Å². The molecule has 4 saturated heterocycles. The number of nitrogens with one attached hydrogen (secondary N) is 1. The normalized spacial score (nSPS) is 15.9. The van der Waals surface area contributed by atoms with Crippen molar-refractivity contribution in [2.45, 2.75) is 130 Å². The number of fused-ring (bicyclic) bond motifs is 8. The maximum atomic E-state index is 13.0. The van der Waals surface area contributed by atoms with Crippen LogP contribution in [0, 0.1) is 27.7 Å². The van der Waals surface area contributed by atoms with Gasteiger partial charge in [0.15, 0.2) is 22.6 Å². The number of piperidine rings is 4. The van der Waals surface area contributed by atoms with E-state index in [0.717, 1.165) is 155 Å². The first-order valence-electron chi connectivity index (χ1n) is 40.6. The van der Waals surface area contributed by atoms with Gasteiger partial charge in [-0.1, -0.05) is 77.6 Å². The maximum absolute atomic E-state index is 13.0. The Kier molecular flexibility index (Phi) is 22.6. The molecule has 118 heavy (non-hydrogen) atoms. The lowest BCUT2D eigenvalue weighted by Crippen LogP contribution is -2.37. The molecule has 0 saturated carbocycles. The van der Waals surface area contributed by atoms with Crippen LogP contribution >= 0.6 is 46.4 Å². The van der Waals surface area contributed by atoms with Gasteiger partial charge in [0, 0.05) is 127 Å². The first-order chi connectivity index (χ1) is 57.0. The molecule has 0 unspecified atom stereocenters. The zero-order valence-corrected chi connectivity index (χ0v) is 70.2. The van der Waals surface area contributed by atoms with E-state index in [1.807, 2.05) is 168 Å². The molecule has 0 amide bonds. The summed E-state index contributed by atoms with van der Waals surface area (Å²) in [5, 5.41) is 5.53. The van der Waals surface area contributed by atoms with Gasteiger partial charge >= 0.3 is 0 Å². The van der Waals surface area contributed by atoms with Crippen molar-refractivity contribution in [3.8, 4) is 45.0 Å². The molecule has 604 valence electrons. The fourth-order valence-corrected chi connectivity index (χ4v) is 18.2. The van der Waals surface area contributed by atoms with Crippen molar-refractivity contribution in [3.63, 3.8) is 0 Å². The lowest BCUT2D eigenvalue weighted by molar-refractivity contribution is 0.172. The molecule has 20 rings (SSSR count). The number of aryl methyl sites for hydroxylation is 4. The number of hydrogen-bond donors (Lipinski definition) is 1. The molecule has 24 nitrogen and oxygen atoms in total. The maximum Gasteiger partial charge on any atom is 0.258 e. The highest BCUT2D eigenvalue weighted by molar-refractivity contribution is 6.35. The van der Waals surface area contributed by atoms with E-state index in [1.165, 1.54) is 22.3 Å². The molecule has 4 aliphatic heterocycles. The first-order valence-corrected chi connectivity index (χ1v) is 42.1. The number of aromatic nitrogens is 16. The predicted molar refractivity (Wildman–Crippen MR) is 469 cm³/mol. The van der Waals surface area contributed by atoms with E-state index in [2.05, 4.69) is 92.0 Å². The fourth-order valence-electron chi connectivity index (χ4n) is 17.1. The van der Waals surface area contributed by atoms with Gasteiger partial charge in [0.05, 0.1) is 65.6 Å². The highest BCUT2D eigenvalue weighted by Crippen LogP contribution is 2.35. The Balaban J connectivity index is 0.000000113. The summed E-state index contributed by atoms with van der Waals surface area (Å²) in [6.07, 6.45) is 32.0. The minimum atomic E-state index is -0.0891. The van der Waals surface area contributed by atoms with Gasteiger partial charge < -0.3 is 37.6 Å². The Bertz CT molecular complexity index is 6790. The third kappa shape index (κ3) is 16.7. The van der Waals surface area contributed by atoms with Crippen LogP contribution in [-0.2, 0) is 0 Å². The van der Waals surface area contributed by atoms with Crippen molar-refractivity contribution in [1.29, 1.82) is 0 Å². The van der Waals surface area contributed by atoms with Crippen molar-refractivity contribution in [2.24, 2.45) is 0 Å². The standard InChI is InChI=1S/C24H26ClN5O.C23H24ClN5O.C22H22ClN5O.C21H20ClN5O/c1-15(2)28-8-6-17(7-9-28)18-4-5-22-27-21(11-23(31)30(22)14-18)19-10-20(25)24-26-16(3)12-29(24)13-19;1-3-27-8-6-16(7-9-27)17-4-5-21-26-20(11-22(30)29(21)14-17)18-10-19(24)23-25-15(2)12-28(23)13-18;1-14-11-27-12-17(9-18(23)22(27)24-14)19-10-21(29)28-13-16(3-4-20(28)25-19)15-5-7-26(2)8-6-15;1-13-10-26-11-16(8-17(22)21(26)24-13)18-9-20(28)27-12-15(2-3-19(27)25-18)14-4-6-23-7-5-14/h4-5,10-15,17H,6-9H2,1-3H3;4-5,10-14,16H,3,6-9H2,1-2H3;3-4,9-13,15H,5-8H2,1-2H3;2-3,8-12,14,23H,4-7H2,1H3. The van der Waals surface area contributed by atoms with Crippen LogP contribution in [0.15, 0.2) is 191 Å². The van der Waals surface area contributed by atoms with Gasteiger partial charge in [0.25, 0.3) is 22.2 Å². The van der Waals surface area contributed by atoms with Gasteiger partial charge in [-0.15, -0.1) is 0 Å². The molecule has 0 radical (unpaired) electrons. The fraction of sp³-hybridized carbons (Fsp3) is 0.333. The topological polar surface area (TPSA) is 228 Å². The predicted octanol–water partition coefficient (Wildman–Crippen LogP) is 15.9. The van der Waals surface area contributed by atoms with E-state index in [1.54, 1.807) is 41.9 Å². The zero-order valence-electron chi connectivity index (χ0n) is 67.2. The lowest BCUT2D eigenvalue weighted by Gasteiger charge is -2.34. The van der Waals surface area contributed by atoms with Crippen molar-refractivity contribution >= 4 is 91.6 Å². The first kappa shape index (κ1) is 79.7. The number of halogens is 4.